The number of carbonyl (C=O) groups is 1. The summed E-state index contributed by atoms with van der Waals surface area (Å²) in [4.78, 5) is 12.9. The van der Waals surface area contributed by atoms with Gasteiger partial charge in [-0.05, 0) is 62.6 Å². The first-order valence-electron chi connectivity index (χ1n) is 9.37. The zero-order valence-corrected chi connectivity index (χ0v) is 17.8. The highest BCUT2D eigenvalue weighted by Crippen LogP contribution is 2.27. The maximum Gasteiger partial charge on any atom is 0.255 e. The summed E-state index contributed by atoms with van der Waals surface area (Å²) in [6.45, 7) is 4.15. The first-order valence-corrected chi connectivity index (χ1v) is 11.2. The average Bonchev–Trinajstić information content (AvgIpc) is 2.68. The van der Waals surface area contributed by atoms with E-state index in [2.05, 4.69) is 5.32 Å². The Morgan fingerprint density at radius 2 is 2.00 bits per heavy atom. The van der Waals surface area contributed by atoms with Crippen LogP contribution in [0, 0.1) is 18.3 Å². The van der Waals surface area contributed by atoms with E-state index < -0.39 is 15.9 Å². The van der Waals surface area contributed by atoms with Crippen molar-refractivity contribution in [3.05, 3.63) is 58.1 Å². The Hall–Kier alpha value is -2.40. The van der Waals surface area contributed by atoms with E-state index in [1.54, 1.807) is 25.1 Å². The lowest BCUT2D eigenvalue weighted by Gasteiger charge is -2.32. The van der Waals surface area contributed by atoms with E-state index in [0.717, 1.165) is 19.3 Å². The fourth-order valence-electron chi connectivity index (χ4n) is 3.45. The lowest BCUT2D eigenvalue weighted by atomic mass is 10.1. The number of piperidine rings is 1. The number of benzene rings is 2. The van der Waals surface area contributed by atoms with Crippen molar-refractivity contribution in [2.75, 3.05) is 11.9 Å². The maximum absolute atomic E-state index is 13.1. The van der Waals surface area contributed by atoms with Gasteiger partial charge >= 0.3 is 0 Å². The largest absolute Gasteiger partial charge is 0.322 e. The molecule has 0 aliphatic carbocycles. The van der Waals surface area contributed by atoms with Gasteiger partial charge in [0.2, 0.25) is 10.0 Å². The second-order valence-corrected chi connectivity index (χ2v) is 9.50. The molecular formula is C21H22ClN3O3S. The number of sulfonamides is 1. The summed E-state index contributed by atoms with van der Waals surface area (Å²) in [6, 6.07) is 11.1. The van der Waals surface area contributed by atoms with Crippen molar-refractivity contribution in [3.63, 3.8) is 0 Å². The highest BCUT2D eigenvalue weighted by Gasteiger charge is 2.31. The number of amides is 1. The van der Waals surface area contributed by atoms with Crippen molar-refractivity contribution in [2.24, 2.45) is 0 Å². The highest BCUT2D eigenvalue weighted by atomic mass is 35.5. The van der Waals surface area contributed by atoms with Crippen molar-refractivity contribution >= 4 is 33.2 Å². The third kappa shape index (κ3) is 4.45. The van der Waals surface area contributed by atoms with Gasteiger partial charge < -0.3 is 5.32 Å². The molecule has 6 nitrogen and oxygen atoms in total. The Balaban J connectivity index is 1.90. The van der Waals surface area contributed by atoms with Crippen LogP contribution in [0.4, 0.5) is 5.69 Å². The molecule has 1 fully saturated rings. The summed E-state index contributed by atoms with van der Waals surface area (Å²) in [5.41, 5.74) is 1.67. The van der Waals surface area contributed by atoms with Gasteiger partial charge in [0.05, 0.1) is 15.5 Å². The minimum Gasteiger partial charge on any atom is -0.322 e. The van der Waals surface area contributed by atoms with E-state index in [1.807, 2.05) is 13.0 Å². The van der Waals surface area contributed by atoms with E-state index in [9.17, 15) is 13.2 Å². The van der Waals surface area contributed by atoms with Crippen LogP contribution in [0.1, 0.15) is 47.7 Å². The smallest absolute Gasteiger partial charge is 0.255 e. The summed E-state index contributed by atoms with van der Waals surface area (Å²) < 4.78 is 27.7. The van der Waals surface area contributed by atoms with E-state index in [4.69, 9.17) is 16.9 Å². The summed E-state index contributed by atoms with van der Waals surface area (Å²) in [6.07, 6.45) is 2.68. The van der Waals surface area contributed by atoms with E-state index in [1.165, 1.54) is 22.5 Å². The fourth-order valence-corrected chi connectivity index (χ4v) is 5.40. The van der Waals surface area contributed by atoms with Crippen LogP contribution in [0.25, 0.3) is 0 Å². The first-order chi connectivity index (χ1) is 13.7. The summed E-state index contributed by atoms with van der Waals surface area (Å²) in [5.74, 6) is -0.438. The van der Waals surface area contributed by atoms with Crippen molar-refractivity contribution in [3.8, 4) is 6.07 Å². The molecule has 0 radical (unpaired) electrons. The van der Waals surface area contributed by atoms with Gasteiger partial charge in [0.1, 0.15) is 6.07 Å². The Morgan fingerprint density at radius 3 is 2.66 bits per heavy atom. The van der Waals surface area contributed by atoms with E-state index >= 15 is 0 Å². The number of nitriles is 1. The molecule has 0 bridgehead atoms. The molecule has 0 spiro atoms. The maximum atomic E-state index is 13.1. The third-order valence-electron chi connectivity index (χ3n) is 5.15. The molecular weight excluding hydrogens is 410 g/mol. The van der Waals surface area contributed by atoms with Gasteiger partial charge in [0, 0.05) is 23.8 Å². The SMILES string of the molecule is Cc1ccc(S(=O)(=O)N2CCCC[C@H]2C)cc1C(=O)Nc1ccc(C#N)c(Cl)c1. The van der Waals surface area contributed by atoms with Gasteiger partial charge in [-0.3, -0.25) is 4.79 Å². The normalized spacial score (nSPS) is 17.5. The summed E-state index contributed by atoms with van der Waals surface area (Å²) >= 11 is 6.02. The summed E-state index contributed by atoms with van der Waals surface area (Å²) in [7, 11) is -3.68. The van der Waals surface area contributed by atoms with Gasteiger partial charge in [-0.1, -0.05) is 24.1 Å². The van der Waals surface area contributed by atoms with E-state index in [-0.39, 0.29) is 21.5 Å². The molecule has 1 aliphatic heterocycles. The molecule has 1 heterocycles. The Kier molecular flexibility index (Phi) is 6.27. The number of hydrogen-bond acceptors (Lipinski definition) is 4. The van der Waals surface area contributed by atoms with Gasteiger partial charge in [0.25, 0.3) is 5.91 Å². The molecule has 0 unspecified atom stereocenters. The standard InChI is InChI=1S/C21H22ClN3O3S/c1-14-6-9-18(29(27,28)25-10-4-3-5-15(25)2)12-19(14)21(26)24-17-8-7-16(13-23)20(22)11-17/h6-9,11-12,15H,3-5,10H2,1-2H3,(H,24,26)/t15-/m1/s1. The molecule has 1 amide bonds. The molecule has 152 valence electrons. The lowest BCUT2D eigenvalue weighted by Crippen LogP contribution is -2.42. The number of nitrogens with one attached hydrogen (secondary N) is 1. The van der Waals surface area contributed by atoms with Crippen LogP contribution in [0.3, 0.4) is 0 Å². The quantitative estimate of drug-likeness (QED) is 0.779. The molecule has 0 aromatic heterocycles. The minimum atomic E-state index is -3.68. The van der Waals surface area contributed by atoms with Crippen molar-refractivity contribution < 1.29 is 13.2 Å². The summed E-state index contributed by atoms with van der Waals surface area (Å²) in [5, 5.41) is 11.9. The van der Waals surface area contributed by atoms with Crippen LogP contribution in [-0.2, 0) is 10.0 Å². The highest BCUT2D eigenvalue weighted by molar-refractivity contribution is 7.89. The van der Waals surface area contributed by atoms with Crippen LogP contribution < -0.4 is 5.32 Å². The van der Waals surface area contributed by atoms with Crippen molar-refractivity contribution in [1.82, 2.24) is 4.31 Å². The number of carbonyl (C=O) groups excluding carboxylic acids is 1. The lowest BCUT2D eigenvalue weighted by molar-refractivity contribution is 0.102. The van der Waals surface area contributed by atoms with Gasteiger partial charge in [-0.25, -0.2) is 8.42 Å². The Morgan fingerprint density at radius 1 is 1.24 bits per heavy atom. The number of halogens is 1. The fraction of sp³-hybridized carbons (Fsp3) is 0.333. The molecule has 3 rings (SSSR count). The average molecular weight is 432 g/mol. The molecule has 2 aromatic rings. The van der Waals surface area contributed by atoms with Crippen LogP contribution in [0.15, 0.2) is 41.3 Å². The Bertz CT molecular complexity index is 1090. The van der Waals surface area contributed by atoms with Crippen LogP contribution in [0.5, 0.6) is 0 Å². The van der Waals surface area contributed by atoms with Crippen LogP contribution in [0.2, 0.25) is 5.02 Å². The van der Waals surface area contributed by atoms with Gasteiger partial charge in [-0.2, -0.15) is 9.57 Å². The molecule has 1 atom stereocenters. The zero-order chi connectivity index (χ0) is 21.2. The number of anilines is 1. The molecule has 2 aromatic carbocycles. The van der Waals surface area contributed by atoms with Crippen LogP contribution in [-0.4, -0.2) is 31.2 Å². The predicted octanol–water partition coefficient (Wildman–Crippen LogP) is 4.34. The molecule has 8 heteroatoms. The molecule has 1 saturated heterocycles. The molecule has 1 N–H and O–H groups in total. The van der Waals surface area contributed by atoms with Crippen molar-refractivity contribution in [1.29, 1.82) is 5.26 Å². The van der Waals surface area contributed by atoms with E-state index in [0.29, 0.717) is 23.4 Å². The number of hydrogen-bond donors (Lipinski definition) is 1. The van der Waals surface area contributed by atoms with Gasteiger partial charge in [0.15, 0.2) is 0 Å². The number of aryl methyl sites for hydroxylation is 1. The topological polar surface area (TPSA) is 90.3 Å². The predicted molar refractivity (Wildman–Crippen MR) is 113 cm³/mol. The minimum absolute atomic E-state index is 0.0619. The third-order valence-corrected chi connectivity index (χ3v) is 7.47. The van der Waals surface area contributed by atoms with Gasteiger partial charge in [-0.15, -0.1) is 0 Å². The number of rotatable bonds is 4. The van der Waals surface area contributed by atoms with Crippen molar-refractivity contribution in [2.45, 2.75) is 44.0 Å². The first kappa shape index (κ1) is 21.3. The second-order valence-electron chi connectivity index (χ2n) is 7.20. The van der Waals surface area contributed by atoms with Crippen LogP contribution >= 0.6 is 11.6 Å². The molecule has 1 aliphatic rings. The monoisotopic (exact) mass is 431 g/mol. The molecule has 0 saturated carbocycles. The number of nitrogens with zero attached hydrogens (tertiary/aromatic N) is 2. The second kappa shape index (κ2) is 8.54. The molecule has 29 heavy (non-hydrogen) atoms. The zero-order valence-electron chi connectivity index (χ0n) is 16.3. The Labute approximate surface area is 176 Å².